The molecule has 30 heavy (non-hydrogen) atoms. The van der Waals surface area contributed by atoms with Crippen LogP contribution in [0, 0.1) is 29.6 Å². The fourth-order valence-electron chi connectivity index (χ4n) is 5.57. The van der Waals surface area contributed by atoms with E-state index in [1.807, 2.05) is 0 Å². The van der Waals surface area contributed by atoms with Crippen molar-refractivity contribution >= 4 is 21.9 Å². The van der Waals surface area contributed by atoms with Gasteiger partial charge in [-0.3, -0.25) is 9.59 Å². The lowest BCUT2D eigenvalue weighted by molar-refractivity contribution is -0.211. The average Bonchev–Trinajstić information content (AvgIpc) is 3.45. The van der Waals surface area contributed by atoms with Gasteiger partial charge in [-0.25, -0.2) is 0 Å². The lowest BCUT2D eigenvalue weighted by atomic mass is 9.83. The molecule has 2 saturated heterocycles. The molecule has 0 aromatic carbocycles. The zero-order valence-corrected chi connectivity index (χ0v) is 16.0. The van der Waals surface area contributed by atoms with Crippen LogP contribution >= 0.6 is 0 Å². The van der Waals surface area contributed by atoms with Crippen LogP contribution in [0.1, 0.15) is 19.3 Å². The second-order valence-corrected chi connectivity index (χ2v) is 10.1. The van der Waals surface area contributed by atoms with E-state index in [2.05, 4.69) is 4.28 Å². The quantitative estimate of drug-likeness (QED) is 0.371. The number of carbonyl (C=O) groups excluding carboxylic acids is 2. The molecular weight excluding hydrogens is 438 g/mol. The van der Waals surface area contributed by atoms with Crippen LogP contribution < -0.4 is 0 Å². The van der Waals surface area contributed by atoms with E-state index in [1.54, 1.807) is 0 Å². The number of fused-ring (bicyclic) bond motifs is 7. The predicted molar refractivity (Wildman–Crippen MR) is 86.9 cm³/mol. The number of nitrogens with zero attached hydrogens (tertiary/aromatic N) is 1. The first kappa shape index (κ1) is 20.3. The molecule has 2 amide bonds. The number of hydroxylamine groups is 2. The number of rotatable bonds is 5. The summed E-state index contributed by atoms with van der Waals surface area (Å²) in [7, 11) is -6.40. The highest BCUT2D eigenvalue weighted by molar-refractivity contribution is 7.87. The van der Waals surface area contributed by atoms with Gasteiger partial charge in [0.1, 0.15) is 0 Å². The third kappa shape index (κ3) is 2.40. The van der Waals surface area contributed by atoms with E-state index >= 15 is 0 Å². The molecule has 166 valence electrons. The van der Waals surface area contributed by atoms with Crippen molar-refractivity contribution in [2.45, 2.75) is 48.8 Å². The average molecular weight is 455 g/mol. The Kier molecular flexibility index (Phi) is 4.08. The molecule has 0 radical (unpaired) electrons. The van der Waals surface area contributed by atoms with E-state index in [1.165, 1.54) is 12.2 Å². The van der Waals surface area contributed by atoms with Crippen molar-refractivity contribution in [3.8, 4) is 0 Å². The molecule has 3 heterocycles. The topological polar surface area (TPSA) is 110 Å². The first-order chi connectivity index (χ1) is 13.9. The van der Waals surface area contributed by atoms with Crippen LogP contribution in [0.5, 0.6) is 0 Å². The van der Waals surface area contributed by atoms with E-state index in [0.717, 1.165) is 0 Å². The zero-order chi connectivity index (χ0) is 21.8. The lowest BCUT2D eigenvalue weighted by Gasteiger charge is -2.35. The maximum atomic E-state index is 14.7. The highest BCUT2D eigenvalue weighted by Crippen LogP contribution is 2.58. The second-order valence-electron chi connectivity index (χ2n) is 8.54. The van der Waals surface area contributed by atoms with Crippen molar-refractivity contribution in [3.05, 3.63) is 12.2 Å². The predicted octanol–water partition coefficient (Wildman–Crippen LogP) is 0.821. The van der Waals surface area contributed by atoms with Crippen molar-refractivity contribution in [2.24, 2.45) is 29.6 Å². The van der Waals surface area contributed by atoms with E-state index in [-0.39, 0.29) is 17.9 Å². The number of hydrogen-bond acceptors (Lipinski definition) is 7. The third-order valence-electron chi connectivity index (χ3n) is 7.03. The van der Waals surface area contributed by atoms with Crippen molar-refractivity contribution in [1.82, 2.24) is 5.06 Å². The number of halogens is 4. The molecule has 13 heteroatoms. The van der Waals surface area contributed by atoms with Crippen molar-refractivity contribution in [2.75, 3.05) is 0 Å². The Labute approximate surface area is 167 Å². The number of imide groups is 1. The van der Waals surface area contributed by atoms with Crippen LogP contribution in [0.3, 0.4) is 0 Å². The first-order valence-corrected chi connectivity index (χ1v) is 10.9. The molecule has 2 aliphatic carbocycles. The third-order valence-corrected chi connectivity index (χ3v) is 8.28. The Morgan fingerprint density at radius 2 is 1.57 bits per heavy atom. The van der Waals surface area contributed by atoms with Gasteiger partial charge in [0.25, 0.3) is 11.8 Å². The summed E-state index contributed by atoms with van der Waals surface area (Å²) in [6.07, 6.45) is -0.0885. The minimum atomic E-state index is -6.40. The highest BCUT2D eigenvalue weighted by Gasteiger charge is 2.74. The SMILES string of the molecule is O=C1C2C3C=CC(O3)C2C(=O)N1OS(=O)(=O)C(F)(F)C(F)(F)C1CC2CC1CC2O. The van der Waals surface area contributed by atoms with Crippen LogP contribution in [0.25, 0.3) is 0 Å². The summed E-state index contributed by atoms with van der Waals surface area (Å²) in [5.41, 5.74) is 0. The van der Waals surface area contributed by atoms with Gasteiger partial charge < -0.3 is 9.84 Å². The number of aliphatic hydroxyl groups excluding tert-OH is 1. The summed E-state index contributed by atoms with van der Waals surface area (Å²) in [4.78, 5) is 24.8. The highest BCUT2D eigenvalue weighted by atomic mass is 32.2. The molecule has 5 aliphatic rings. The van der Waals surface area contributed by atoms with Gasteiger partial charge in [-0.1, -0.05) is 12.2 Å². The van der Waals surface area contributed by atoms with Crippen molar-refractivity contribution < 1.29 is 49.7 Å². The van der Waals surface area contributed by atoms with Crippen molar-refractivity contribution in [1.29, 1.82) is 0 Å². The summed E-state index contributed by atoms with van der Waals surface area (Å²) < 4.78 is 92.3. The number of alkyl halides is 4. The minimum Gasteiger partial charge on any atom is -0.393 e. The Morgan fingerprint density at radius 1 is 1.00 bits per heavy atom. The number of hydrogen-bond donors (Lipinski definition) is 1. The first-order valence-electron chi connectivity index (χ1n) is 9.46. The maximum Gasteiger partial charge on any atom is 0.433 e. The van der Waals surface area contributed by atoms with Gasteiger partial charge in [0.2, 0.25) is 0 Å². The molecule has 8 nitrogen and oxygen atoms in total. The van der Waals surface area contributed by atoms with E-state index in [0.29, 0.717) is 0 Å². The molecule has 8 atom stereocenters. The molecule has 4 fully saturated rings. The van der Waals surface area contributed by atoms with Gasteiger partial charge in [-0.2, -0.15) is 26.0 Å². The summed E-state index contributed by atoms with van der Waals surface area (Å²) in [5, 5.41) is 3.63. The Hall–Kier alpha value is -1.57. The van der Waals surface area contributed by atoms with E-state index < -0.39 is 87.4 Å². The molecule has 1 N–H and O–H groups in total. The number of aliphatic hydroxyl groups is 1. The Morgan fingerprint density at radius 3 is 2.03 bits per heavy atom. The Balaban J connectivity index is 1.38. The molecule has 3 aliphatic heterocycles. The fraction of sp³-hybridized carbons (Fsp3) is 0.765. The van der Waals surface area contributed by atoms with Crippen LogP contribution in [-0.4, -0.2) is 59.9 Å². The molecular formula is C17H17F4NO7S. The second kappa shape index (κ2) is 6.02. The van der Waals surface area contributed by atoms with Gasteiger partial charge in [0.05, 0.1) is 30.1 Å². The van der Waals surface area contributed by atoms with Gasteiger partial charge >= 0.3 is 21.3 Å². The smallest absolute Gasteiger partial charge is 0.393 e. The van der Waals surface area contributed by atoms with Gasteiger partial charge in [0.15, 0.2) is 0 Å². The standard InChI is InChI=1S/C17H17F4NO7S/c18-16(19,8-4-7-3-6(8)5-9(7)23)17(20,21)30(26,27)29-22-14(24)12-10-1-2-11(28-10)13(12)15(22)25/h1-2,6-13,23H,3-5H2. The van der Waals surface area contributed by atoms with Crippen LogP contribution in [0.2, 0.25) is 0 Å². The number of ether oxygens (including phenoxy) is 1. The summed E-state index contributed by atoms with van der Waals surface area (Å²) in [6, 6.07) is 0. The van der Waals surface area contributed by atoms with Crippen LogP contribution in [0.15, 0.2) is 12.2 Å². The van der Waals surface area contributed by atoms with Crippen molar-refractivity contribution in [3.63, 3.8) is 0 Å². The minimum absolute atomic E-state index is 0.0979. The van der Waals surface area contributed by atoms with Gasteiger partial charge in [0, 0.05) is 5.92 Å². The molecule has 8 unspecified atom stereocenters. The lowest BCUT2D eigenvalue weighted by Crippen LogP contribution is -2.55. The van der Waals surface area contributed by atoms with Crippen LogP contribution in [-0.2, 0) is 28.7 Å². The zero-order valence-electron chi connectivity index (χ0n) is 15.2. The fourth-order valence-corrected chi connectivity index (χ4v) is 6.49. The summed E-state index contributed by atoms with van der Waals surface area (Å²) in [6.45, 7) is 0. The number of carbonyl (C=O) groups is 2. The monoisotopic (exact) mass is 455 g/mol. The molecule has 0 aromatic rings. The normalized spacial score (nSPS) is 42.6. The molecule has 0 spiro atoms. The molecule has 4 bridgehead atoms. The Bertz CT molecular complexity index is 922. The largest absolute Gasteiger partial charge is 0.433 e. The van der Waals surface area contributed by atoms with Gasteiger partial charge in [-0.15, -0.1) is 9.35 Å². The van der Waals surface area contributed by atoms with E-state index in [4.69, 9.17) is 4.74 Å². The van der Waals surface area contributed by atoms with Gasteiger partial charge in [-0.05, 0) is 31.1 Å². The molecule has 0 aromatic heterocycles. The molecule has 5 rings (SSSR count). The summed E-state index contributed by atoms with van der Waals surface area (Å²) >= 11 is 0. The maximum absolute atomic E-state index is 14.7. The molecule has 2 saturated carbocycles. The summed E-state index contributed by atoms with van der Waals surface area (Å²) in [5.74, 6) is -13.3. The number of amides is 2. The van der Waals surface area contributed by atoms with E-state index in [9.17, 15) is 40.7 Å². The van der Waals surface area contributed by atoms with Crippen LogP contribution in [0.4, 0.5) is 17.6 Å².